The van der Waals surface area contributed by atoms with Gasteiger partial charge in [0, 0.05) is 21.6 Å². The number of nitrogens with one attached hydrogen (secondary N) is 1. The van der Waals surface area contributed by atoms with Gasteiger partial charge in [0.25, 0.3) is 5.91 Å². The van der Waals surface area contributed by atoms with Crippen molar-refractivity contribution in [2.45, 2.75) is 19.8 Å². The molecule has 0 bridgehead atoms. The van der Waals surface area contributed by atoms with Crippen LogP contribution in [0.25, 0.3) is 0 Å². The van der Waals surface area contributed by atoms with Gasteiger partial charge in [-0.15, -0.1) is 0 Å². The minimum atomic E-state index is -0.126. The average Bonchev–Trinajstić information content (AvgIpc) is 2.83. The monoisotopic (exact) mass is 405 g/mol. The predicted octanol–water partition coefficient (Wildman–Crippen LogP) is 3.00. The van der Waals surface area contributed by atoms with Crippen molar-refractivity contribution in [3.8, 4) is 0 Å². The Morgan fingerprint density at radius 1 is 1.50 bits per heavy atom. The summed E-state index contributed by atoms with van der Waals surface area (Å²) in [7, 11) is 0. The van der Waals surface area contributed by atoms with Crippen LogP contribution in [0.3, 0.4) is 0 Å². The van der Waals surface area contributed by atoms with Crippen molar-refractivity contribution >= 4 is 40.1 Å². The van der Waals surface area contributed by atoms with E-state index in [0.717, 1.165) is 9.99 Å². The third-order valence-electron chi connectivity index (χ3n) is 2.60. The molecule has 7 heteroatoms. The lowest BCUT2D eigenvalue weighted by Crippen LogP contribution is -2.25. The maximum absolute atomic E-state index is 12.0. The maximum atomic E-state index is 12.0. The molecule has 0 saturated heterocycles. The number of amides is 1. The molecule has 1 aromatic carbocycles. The van der Waals surface area contributed by atoms with Gasteiger partial charge < -0.3 is 9.84 Å². The third-order valence-corrected chi connectivity index (χ3v) is 3.77. The number of hydrogen-bond acceptors (Lipinski definition) is 4. The van der Waals surface area contributed by atoms with Crippen molar-refractivity contribution in [2.24, 2.45) is 0 Å². The average molecular weight is 406 g/mol. The molecule has 20 heavy (non-hydrogen) atoms. The smallest absolute Gasteiger partial charge is 0.252 e. The summed E-state index contributed by atoms with van der Waals surface area (Å²) in [5, 5.41) is 7.11. The van der Waals surface area contributed by atoms with Crippen molar-refractivity contribution in [1.29, 1.82) is 0 Å². The lowest BCUT2D eigenvalue weighted by molar-refractivity contribution is 0.0952. The summed E-state index contributed by atoms with van der Waals surface area (Å²) in [6.45, 7) is 2.32. The van der Waals surface area contributed by atoms with Crippen LogP contribution in [-0.4, -0.2) is 22.6 Å². The molecule has 1 aromatic heterocycles. The first-order chi connectivity index (χ1) is 9.56. The first-order valence-corrected chi connectivity index (χ1v) is 7.54. The van der Waals surface area contributed by atoms with E-state index >= 15 is 0 Å². The molecule has 1 amide bonds. The summed E-state index contributed by atoms with van der Waals surface area (Å²) in [4.78, 5) is 16.1. The fourth-order valence-corrected chi connectivity index (χ4v) is 2.40. The van der Waals surface area contributed by atoms with Gasteiger partial charge in [0.05, 0.1) is 5.56 Å². The van der Waals surface area contributed by atoms with Crippen LogP contribution in [0.2, 0.25) is 5.02 Å². The molecular weight excluding hydrogens is 393 g/mol. The van der Waals surface area contributed by atoms with Crippen molar-refractivity contribution < 1.29 is 9.32 Å². The number of hydrogen-bond donors (Lipinski definition) is 1. The first kappa shape index (κ1) is 15.2. The Morgan fingerprint density at radius 3 is 3.00 bits per heavy atom. The van der Waals surface area contributed by atoms with Gasteiger partial charge in [-0.05, 0) is 54.1 Å². The molecule has 0 unspecified atom stereocenters. The molecule has 0 saturated carbocycles. The van der Waals surface area contributed by atoms with Crippen LogP contribution in [-0.2, 0) is 6.42 Å². The molecule has 0 aliphatic carbocycles. The molecule has 5 nitrogen and oxygen atoms in total. The molecule has 0 spiro atoms. The molecule has 1 heterocycles. The fraction of sp³-hybridized carbons (Fsp3) is 0.308. The second-order valence-electron chi connectivity index (χ2n) is 4.22. The predicted molar refractivity (Wildman–Crippen MR) is 83.9 cm³/mol. The lowest BCUT2D eigenvalue weighted by Gasteiger charge is -2.06. The van der Waals surface area contributed by atoms with E-state index in [9.17, 15) is 4.79 Å². The highest BCUT2D eigenvalue weighted by Gasteiger charge is 2.10. The molecule has 106 valence electrons. The van der Waals surface area contributed by atoms with Crippen molar-refractivity contribution in [2.75, 3.05) is 6.54 Å². The van der Waals surface area contributed by atoms with Crippen LogP contribution in [0.4, 0.5) is 0 Å². The molecule has 0 fully saturated rings. The number of aromatic nitrogens is 2. The molecule has 0 radical (unpaired) electrons. The minimum absolute atomic E-state index is 0.126. The Labute approximate surface area is 135 Å². The van der Waals surface area contributed by atoms with Crippen LogP contribution < -0.4 is 5.32 Å². The summed E-state index contributed by atoms with van der Waals surface area (Å²) in [5.41, 5.74) is 0.590. The van der Waals surface area contributed by atoms with E-state index in [1.807, 2.05) is 6.07 Å². The number of carbonyl (C=O) groups is 1. The summed E-state index contributed by atoms with van der Waals surface area (Å²) >= 11 is 8.01. The zero-order chi connectivity index (χ0) is 14.5. The van der Waals surface area contributed by atoms with E-state index in [-0.39, 0.29) is 5.91 Å². The van der Waals surface area contributed by atoms with Crippen LogP contribution in [0.5, 0.6) is 0 Å². The van der Waals surface area contributed by atoms with Crippen LogP contribution in [0.15, 0.2) is 22.7 Å². The zero-order valence-corrected chi connectivity index (χ0v) is 13.7. The van der Waals surface area contributed by atoms with E-state index < -0.39 is 0 Å². The third kappa shape index (κ3) is 4.17. The number of aryl methyl sites for hydroxylation is 2. The van der Waals surface area contributed by atoms with Gasteiger partial charge in [-0.25, -0.2) is 0 Å². The number of carbonyl (C=O) groups excluding carboxylic acids is 1. The van der Waals surface area contributed by atoms with Gasteiger partial charge in [-0.3, -0.25) is 4.79 Å². The first-order valence-electron chi connectivity index (χ1n) is 6.08. The van der Waals surface area contributed by atoms with Gasteiger partial charge >= 0.3 is 0 Å². The highest BCUT2D eigenvalue weighted by Crippen LogP contribution is 2.17. The second kappa shape index (κ2) is 7.03. The van der Waals surface area contributed by atoms with Gasteiger partial charge in [0.15, 0.2) is 5.82 Å². The highest BCUT2D eigenvalue weighted by atomic mass is 127. The van der Waals surface area contributed by atoms with Crippen LogP contribution >= 0.6 is 34.2 Å². The maximum Gasteiger partial charge on any atom is 0.252 e. The van der Waals surface area contributed by atoms with E-state index in [2.05, 4.69) is 38.0 Å². The van der Waals surface area contributed by atoms with Crippen molar-refractivity contribution in [3.05, 3.63) is 44.1 Å². The highest BCUT2D eigenvalue weighted by molar-refractivity contribution is 14.1. The Kier molecular flexibility index (Phi) is 5.36. The second-order valence-corrected chi connectivity index (χ2v) is 5.82. The SMILES string of the molecule is Cc1noc(CCCNC(=O)c2cc(Cl)ccc2I)n1. The number of nitrogens with zero attached hydrogens (tertiary/aromatic N) is 2. The number of benzene rings is 1. The Morgan fingerprint density at radius 2 is 2.30 bits per heavy atom. The molecule has 2 aromatic rings. The van der Waals surface area contributed by atoms with Crippen LogP contribution in [0, 0.1) is 10.5 Å². The summed E-state index contributed by atoms with van der Waals surface area (Å²) in [6.07, 6.45) is 1.39. The Hall–Kier alpha value is -1.15. The van der Waals surface area contributed by atoms with Gasteiger partial charge in [-0.1, -0.05) is 16.8 Å². The Bertz CT molecular complexity index is 615. The minimum Gasteiger partial charge on any atom is -0.352 e. The standard InChI is InChI=1S/C13H13ClIN3O2/c1-8-17-12(20-18-8)3-2-6-16-13(19)10-7-9(14)4-5-11(10)15/h4-5,7H,2-3,6H2,1H3,(H,16,19). The van der Waals surface area contributed by atoms with Crippen LogP contribution in [0.1, 0.15) is 28.5 Å². The topological polar surface area (TPSA) is 68.0 Å². The van der Waals surface area contributed by atoms with E-state index in [0.29, 0.717) is 35.3 Å². The summed E-state index contributed by atoms with van der Waals surface area (Å²) in [5.74, 6) is 1.09. The number of halogens is 2. The van der Waals surface area contributed by atoms with Gasteiger partial charge in [-0.2, -0.15) is 4.98 Å². The lowest BCUT2D eigenvalue weighted by atomic mass is 10.2. The van der Waals surface area contributed by atoms with E-state index in [4.69, 9.17) is 16.1 Å². The molecule has 0 atom stereocenters. The van der Waals surface area contributed by atoms with E-state index in [1.54, 1.807) is 19.1 Å². The summed E-state index contributed by atoms with van der Waals surface area (Å²) < 4.78 is 5.87. The van der Waals surface area contributed by atoms with Crippen molar-refractivity contribution in [1.82, 2.24) is 15.5 Å². The molecule has 0 aliphatic heterocycles. The molecular formula is C13H13ClIN3O2. The fourth-order valence-electron chi connectivity index (χ4n) is 1.65. The van der Waals surface area contributed by atoms with Gasteiger partial charge in [0.1, 0.15) is 0 Å². The van der Waals surface area contributed by atoms with Gasteiger partial charge in [0.2, 0.25) is 5.89 Å². The molecule has 0 aliphatic rings. The Balaban J connectivity index is 1.82. The largest absolute Gasteiger partial charge is 0.352 e. The van der Waals surface area contributed by atoms with E-state index in [1.165, 1.54) is 0 Å². The zero-order valence-electron chi connectivity index (χ0n) is 10.8. The quantitative estimate of drug-likeness (QED) is 0.613. The van der Waals surface area contributed by atoms with Crippen molar-refractivity contribution in [3.63, 3.8) is 0 Å². The molecule has 1 N–H and O–H groups in total. The number of rotatable bonds is 5. The normalized spacial score (nSPS) is 10.6. The molecule has 2 rings (SSSR count). The summed E-state index contributed by atoms with van der Waals surface area (Å²) in [6, 6.07) is 5.25.